The molecule has 1 aromatic carbocycles. The maximum absolute atomic E-state index is 12.8. The van der Waals surface area contributed by atoms with Gasteiger partial charge in [0, 0.05) is 45.5 Å². The Balaban J connectivity index is 1.60. The number of methoxy groups -OCH3 is 1. The van der Waals surface area contributed by atoms with E-state index in [1.165, 1.54) is 12.5 Å². The van der Waals surface area contributed by atoms with Gasteiger partial charge in [-0.1, -0.05) is 6.42 Å². The number of ether oxygens (including phenoxy) is 4. The molecule has 0 saturated heterocycles. The molecule has 1 heterocycles. The molecule has 0 unspecified atom stereocenters. The van der Waals surface area contributed by atoms with Gasteiger partial charge in [0.25, 0.3) is 0 Å². The lowest BCUT2D eigenvalue weighted by Gasteiger charge is -2.42. The second-order valence-electron chi connectivity index (χ2n) is 7.07. The Morgan fingerprint density at radius 2 is 2.00 bits per heavy atom. The summed E-state index contributed by atoms with van der Waals surface area (Å²) in [6.07, 6.45) is 4.55. The van der Waals surface area contributed by atoms with Crippen LogP contribution in [0.1, 0.15) is 31.2 Å². The van der Waals surface area contributed by atoms with E-state index in [1.807, 2.05) is 0 Å². The third kappa shape index (κ3) is 4.95. The van der Waals surface area contributed by atoms with E-state index in [1.54, 1.807) is 20.2 Å². The average Bonchev–Trinajstić information content (AvgIpc) is 3.09. The van der Waals surface area contributed by atoms with Gasteiger partial charge in [0.2, 0.25) is 6.79 Å². The third-order valence-corrected chi connectivity index (χ3v) is 5.32. The molecule has 0 bridgehead atoms. The summed E-state index contributed by atoms with van der Waals surface area (Å²) in [5.41, 5.74) is 0.765. The molecule has 0 aromatic heterocycles. The van der Waals surface area contributed by atoms with Gasteiger partial charge in [0.1, 0.15) is 5.75 Å². The predicted molar refractivity (Wildman–Crippen MR) is 100 cm³/mol. The van der Waals surface area contributed by atoms with E-state index in [4.69, 9.17) is 14.2 Å². The van der Waals surface area contributed by atoms with Gasteiger partial charge in [-0.25, -0.2) is 0 Å². The molecule has 2 N–H and O–H groups in total. The number of nitrogens with zero attached hydrogens (tertiary/aromatic N) is 1. The van der Waals surface area contributed by atoms with E-state index in [2.05, 4.69) is 20.4 Å². The van der Waals surface area contributed by atoms with E-state index in [0.29, 0.717) is 23.0 Å². The third-order valence-electron chi connectivity index (χ3n) is 5.32. The zero-order valence-electron chi connectivity index (χ0n) is 16.2. The summed E-state index contributed by atoms with van der Waals surface area (Å²) in [5.74, 6) is 1.56. The number of guanidine groups is 1. The second-order valence-corrected chi connectivity index (χ2v) is 7.07. The molecular weight excluding hydrogens is 372 g/mol. The summed E-state index contributed by atoms with van der Waals surface area (Å²) in [4.78, 5) is 4.23. The average molecular weight is 399 g/mol. The quantitative estimate of drug-likeness (QED) is 0.491. The van der Waals surface area contributed by atoms with Gasteiger partial charge in [-0.3, -0.25) is 4.99 Å². The first-order valence-corrected chi connectivity index (χ1v) is 9.36. The van der Waals surface area contributed by atoms with Crippen LogP contribution in [-0.4, -0.2) is 46.7 Å². The van der Waals surface area contributed by atoms with E-state index in [0.717, 1.165) is 32.4 Å². The Morgan fingerprint density at radius 1 is 1.25 bits per heavy atom. The van der Waals surface area contributed by atoms with Crippen LogP contribution in [0.15, 0.2) is 17.1 Å². The molecule has 0 spiro atoms. The van der Waals surface area contributed by atoms with Crippen molar-refractivity contribution < 1.29 is 27.7 Å². The Bertz CT molecular complexity index is 696. The molecule has 156 valence electrons. The van der Waals surface area contributed by atoms with Crippen molar-refractivity contribution >= 4 is 5.96 Å². The number of alkyl halides is 2. The van der Waals surface area contributed by atoms with E-state index >= 15 is 0 Å². The minimum absolute atomic E-state index is 0.0535. The summed E-state index contributed by atoms with van der Waals surface area (Å²) in [7, 11) is 3.39. The van der Waals surface area contributed by atoms with Crippen LogP contribution in [-0.2, 0) is 11.3 Å². The topological polar surface area (TPSA) is 73.3 Å². The number of hydrogen-bond acceptors (Lipinski definition) is 5. The van der Waals surface area contributed by atoms with Crippen molar-refractivity contribution in [2.24, 2.45) is 10.4 Å². The van der Waals surface area contributed by atoms with Gasteiger partial charge >= 0.3 is 6.61 Å². The largest absolute Gasteiger partial charge is 0.454 e. The highest BCUT2D eigenvalue weighted by atomic mass is 19.3. The molecule has 3 rings (SSSR count). The number of nitrogens with one attached hydrogen (secondary N) is 2. The summed E-state index contributed by atoms with van der Waals surface area (Å²) < 4.78 is 45.9. The number of aliphatic imine (C=N–C) groups is 1. The van der Waals surface area contributed by atoms with Crippen LogP contribution in [0.5, 0.6) is 17.2 Å². The van der Waals surface area contributed by atoms with Gasteiger partial charge < -0.3 is 29.6 Å². The van der Waals surface area contributed by atoms with Gasteiger partial charge in [-0.15, -0.1) is 0 Å². The molecule has 1 aliphatic carbocycles. The van der Waals surface area contributed by atoms with Crippen molar-refractivity contribution in [3.63, 3.8) is 0 Å². The normalized spacial score (nSPS) is 17.4. The van der Waals surface area contributed by atoms with Crippen molar-refractivity contribution in [1.29, 1.82) is 0 Å². The van der Waals surface area contributed by atoms with Crippen molar-refractivity contribution in [3.8, 4) is 17.2 Å². The number of halogens is 2. The number of rotatable bonds is 9. The fourth-order valence-electron chi connectivity index (χ4n) is 3.49. The van der Waals surface area contributed by atoms with E-state index in [-0.39, 0.29) is 24.5 Å². The predicted octanol–water partition coefficient (Wildman–Crippen LogP) is 2.89. The molecular formula is C19H27F2N3O4. The van der Waals surface area contributed by atoms with Crippen LogP contribution < -0.4 is 24.8 Å². The van der Waals surface area contributed by atoms with Gasteiger partial charge in [0.05, 0.1) is 0 Å². The first kappa shape index (κ1) is 20.4. The van der Waals surface area contributed by atoms with Crippen molar-refractivity contribution in [3.05, 3.63) is 17.7 Å². The maximum atomic E-state index is 12.8. The molecule has 1 saturated carbocycles. The molecule has 1 aliphatic heterocycles. The molecule has 7 nitrogen and oxygen atoms in total. The van der Waals surface area contributed by atoms with Gasteiger partial charge in [-0.05, 0) is 30.7 Å². The number of benzene rings is 1. The SMILES string of the molecule is CN=C(NCc1cc2c(cc1OC(F)F)OCO2)NCC1(CCOC)CCC1. The van der Waals surface area contributed by atoms with Crippen molar-refractivity contribution in [2.75, 3.05) is 34.1 Å². The first-order valence-electron chi connectivity index (χ1n) is 9.36. The highest BCUT2D eigenvalue weighted by Crippen LogP contribution is 2.43. The standard InChI is InChI=1S/C19H27F2N3O4/c1-22-18(24-11-19(4-3-5-19)6-7-25-2)23-10-13-8-15-16(27-12-26-15)9-14(13)28-17(20)21/h8-9,17H,3-7,10-12H2,1-2H3,(H2,22,23,24). The number of fused-ring (bicyclic) bond motifs is 1. The van der Waals surface area contributed by atoms with E-state index in [9.17, 15) is 8.78 Å². The first-order chi connectivity index (χ1) is 13.5. The Morgan fingerprint density at radius 3 is 2.61 bits per heavy atom. The molecule has 0 radical (unpaired) electrons. The maximum Gasteiger partial charge on any atom is 0.387 e. The summed E-state index contributed by atoms with van der Waals surface area (Å²) in [5, 5.41) is 6.50. The monoisotopic (exact) mass is 399 g/mol. The zero-order chi connectivity index (χ0) is 20.0. The van der Waals surface area contributed by atoms with Crippen LogP contribution in [0.4, 0.5) is 8.78 Å². The van der Waals surface area contributed by atoms with Crippen LogP contribution in [0, 0.1) is 5.41 Å². The zero-order valence-corrected chi connectivity index (χ0v) is 16.2. The molecule has 1 fully saturated rings. The molecule has 1 aromatic rings. The summed E-state index contributed by atoms with van der Waals surface area (Å²) >= 11 is 0. The molecule has 0 atom stereocenters. The lowest BCUT2D eigenvalue weighted by atomic mass is 9.67. The van der Waals surface area contributed by atoms with Crippen molar-refractivity contribution in [1.82, 2.24) is 10.6 Å². The minimum Gasteiger partial charge on any atom is -0.454 e. The highest BCUT2D eigenvalue weighted by Gasteiger charge is 2.36. The fourth-order valence-corrected chi connectivity index (χ4v) is 3.49. The fraction of sp³-hybridized carbons (Fsp3) is 0.632. The van der Waals surface area contributed by atoms with Crippen LogP contribution >= 0.6 is 0 Å². The lowest BCUT2D eigenvalue weighted by molar-refractivity contribution is -0.0505. The molecule has 2 aliphatic rings. The van der Waals surface area contributed by atoms with Crippen LogP contribution in [0.2, 0.25) is 0 Å². The molecule has 28 heavy (non-hydrogen) atoms. The lowest BCUT2D eigenvalue weighted by Crippen LogP contribution is -2.46. The molecule has 0 amide bonds. The second kappa shape index (κ2) is 9.27. The minimum atomic E-state index is -2.92. The Kier molecular flexibility index (Phi) is 6.77. The Labute approximate surface area is 163 Å². The van der Waals surface area contributed by atoms with Crippen molar-refractivity contribution in [2.45, 2.75) is 38.8 Å². The highest BCUT2D eigenvalue weighted by molar-refractivity contribution is 5.79. The van der Waals surface area contributed by atoms with Gasteiger partial charge in [-0.2, -0.15) is 8.78 Å². The summed E-state index contributed by atoms with van der Waals surface area (Å²) in [6.45, 7) is -1.08. The Hall–Kier alpha value is -2.29. The molecule has 9 heteroatoms. The van der Waals surface area contributed by atoms with E-state index < -0.39 is 6.61 Å². The smallest absolute Gasteiger partial charge is 0.387 e. The summed E-state index contributed by atoms with van der Waals surface area (Å²) in [6, 6.07) is 3.07. The number of hydrogen-bond donors (Lipinski definition) is 2. The van der Waals surface area contributed by atoms with Crippen LogP contribution in [0.25, 0.3) is 0 Å². The van der Waals surface area contributed by atoms with Gasteiger partial charge in [0.15, 0.2) is 17.5 Å². The van der Waals surface area contributed by atoms with Crippen LogP contribution in [0.3, 0.4) is 0 Å².